The van der Waals surface area contributed by atoms with E-state index in [4.69, 9.17) is 18.0 Å². The van der Waals surface area contributed by atoms with Crippen molar-refractivity contribution < 1.29 is 0 Å². The Hall–Kier alpha value is -1.79. The number of para-hydroxylation sites is 1. The summed E-state index contributed by atoms with van der Waals surface area (Å²) < 4.78 is 2.53. The number of thiocarbonyl (C=S) groups is 1. The van der Waals surface area contributed by atoms with Gasteiger partial charge in [-0.2, -0.15) is 5.10 Å². The van der Waals surface area contributed by atoms with Gasteiger partial charge in [-0.15, -0.1) is 0 Å². The number of nitrogens with zero attached hydrogens (tertiary/aromatic N) is 3. The topological polar surface area (TPSA) is 56.7 Å². The Morgan fingerprint density at radius 2 is 2.11 bits per heavy atom. The zero-order valence-corrected chi connectivity index (χ0v) is 12.1. The molecule has 0 bridgehead atoms. The average molecular weight is 333 g/mol. The molecule has 2 N–H and O–H groups in total. The number of hydrogen-bond donors (Lipinski definition) is 1. The van der Waals surface area contributed by atoms with Gasteiger partial charge in [0.25, 0.3) is 0 Å². The highest BCUT2D eigenvalue weighted by atomic mass is 79.9. The first-order chi connectivity index (χ1) is 9.15. The zero-order chi connectivity index (χ0) is 13.4. The fourth-order valence-corrected chi connectivity index (χ4v) is 2.31. The highest BCUT2D eigenvalue weighted by Gasteiger charge is 2.12. The Labute approximate surface area is 123 Å². The molecule has 3 rings (SSSR count). The number of rotatable bonds is 2. The molecule has 0 saturated heterocycles. The molecule has 94 valence electrons. The van der Waals surface area contributed by atoms with Crippen LogP contribution in [0.3, 0.4) is 0 Å². The van der Waals surface area contributed by atoms with Crippen molar-refractivity contribution in [1.82, 2.24) is 14.8 Å². The molecule has 1 aromatic carbocycles. The molecule has 0 amide bonds. The molecule has 3 aromatic rings. The summed E-state index contributed by atoms with van der Waals surface area (Å²) in [6.45, 7) is 0. The molecule has 4 nitrogen and oxygen atoms in total. The summed E-state index contributed by atoms with van der Waals surface area (Å²) in [6, 6.07) is 9.76. The Kier molecular flexibility index (Phi) is 3.04. The third kappa shape index (κ3) is 2.24. The molecule has 0 fully saturated rings. The van der Waals surface area contributed by atoms with Crippen LogP contribution in [0.15, 0.2) is 47.2 Å². The van der Waals surface area contributed by atoms with Crippen LogP contribution in [0.2, 0.25) is 0 Å². The van der Waals surface area contributed by atoms with Gasteiger partial charge in [-0.25, -0.2) is 9.67 Å². The normalized spacial score (nSPS) is 10.8. The fourth-order valence-electron chi connectivity index (χ4n) is 1.88. The molecule has 0 saturated carbocycles. The maximum absolute atomic E-state index is 5.79. The first kappa shape index (κ1) is 12.3. The molecule has 0 unspecified atom stereocenters. The summed E-state index contributed by atoms with van der Waals surface area (Å²) in [5.41, 5.74) is 7.38. The third-order valence-electron chi connectivity index (χ3n) is 2.74. The number of aromatic nitrogens is 3. The molecule has 0 aliphatic rings. The lowest BCUT2D eigenvalue weighted by Gasteiger charge is -2.09. The number of halogens is 1. The summed E-state index contributed by atoms with van der Waals surface area (Å²) in [4.78, 5) is 4.90. The maximum Gasteiger partial charge on any atom is 0.164 e. The van der Waals surface area contributed by atoms with Crippen LogP contribution in [-0.2, 0) is 0 Å². The second-order valence-corrected chi connectivity index (χ2v) is 5.38. The number of fused-ring (bicyclic) bond motifs is 1. The molecule has 0 spiro atoms. The van der Waals surface area contributed by atoms with Crippen LogP contribution in [-0.4, -0.2) is 19.8 Å². The number of benzene rings is 1. The van der Waals surface area contributed by atoms with Crippen molar-refractivity contribution in [1.29, 1.82) is 0 Å². The first-order valence-corrected chi connectivity index (χ1v) is 6.75. The zero-order valence-electron chi connectivity index (χ0n) is 9.75. The van der Waals surface area contributed by atoms with Gasteiger partial charge >= 0.3 is 0 Å². The van der Waals surface area contributed by atoms with Crippen LogP contribution in [0.25, 0.3) is 16.7 Å². The van der Waals surface area contributed by atoms with Crippen LogP contribution in [0.1, 0.15) is 5.56 Å². The summed E-state index contributed by atoms with van der Waals surface area (Å²) >= 11 is 8.47. The van der Waals surface area contributed by atoms with Gasteiger partial charge in [0.05, 0.1) is 21.7 Å². The van der Waals surface area contributed by atoms with Crippen LogP contribution >= 0.6 is 28.1 Å². The van der Waals surface area contributed by atoms with Gasteiger partial charge in [0.2, 0.25) is 0 Å². The van der Waals surface area contributed by atoms with E-state index in [1.165, 1.54) is 0 Å². The van der Waals surface area contributed by atoms with E-state index in [1.54, 1.807) is 10.9 Å². The van der Waals surface area contributed by atoms with Crippen LogP contribution in [0, 0.1) is 0 Å². The van der Waals surface area contributed by atoms with Crippen molar-refractivity contribution in [3.63, 3.8) is 0 Å². The molecule has 0 aliphatic heterocycles. The van der Waals surface area contributed by atoms with E-state index >= 15 is 0 Å². The fraction of sp³-hybridized carbons (Fsp3) is 0. The maximum atomic E-state index is 5.79. The summed E-state index contributed by atoms with van der Waals surface area (Å²) in [5, 5.41) is 5.23. The number of hydrogen-bond acceptors (Lipinski definition) is 3. The number of pyridine rings is 1. The van der Waals surface area contributed by atoms with E-state index in [0.29, 0.717) is 16.4 Å². The van der Waals surface area contributed by atoms with Crippen molar-refractivity contribution in [2.24, 2.45) is 5.73 Å². The van der Waals surface area contributed by atoms with Crippen molar-refractivity contribution in [3.8, 4) is 5.82 Å². The molecule has 19 heavy (non-hydrogen) atoms. The molecular formula is C13H9BrN4S. The second kappa shape index (κ2) is 4.71. The van der Waals surface area contributed by atoms with Gasteiger partial charge in [-0.1, -0.05) is 30.4 Å². The van der Waals surface area contributed by atoms with Gasteiger partial charge in [-0.05, 0) is 28.1 Å². The van der Waals surface area contributed by atoms with Gasteiger partial charge in [0.1, 0.15) is 4.99 Å². The molecule has 0 aliphatic carbocycles. The minimum atomic E-state index is 0.305. The summed E-state index contributed by atoms with van der Waals surface area (Å²) in [5.74, 6) is 0.636. The van der Waals surface area contributed by atoms with E-state index in [-0.39, 0.29) is 0 Å². The SMILES string of the molecule is NC(=S)c1cc2ccccc2nc1-n1cc(Br)cn1. The molecule has 6 heteroatoms. The molecule has 2 aromatic heterocycles. The molecule has 0 atom stereocenters. The Bertz CT molecular complexity index is 781. The highest BCUT2D eigenvalue weighted by molar-refractivity contribution is 9.10. The smallest absolute Gasteiger partial charge is 0.164 e. The predicted octanol–water partition coefficient (Wildman–Crippen LogP) is 2.82. The molecule has 0 radical (unpaired) electrons. The minimum Gasteiger partial charge on any atom is -0.389 e. The van der Waals surface area contributed by atoms with E-state index in [1.807, 2.05) is 36.5 Å². The quantitative estimate of drug-likeness (QED) is 0.733. The summed E-state index contributed by atoms with van der Waals surface area (Å²) in [6.07, 6.45) is 3.51. The van der Waals surface area contributed by atoms with Crippen molar-refractivity contribution >= 4 is 44.0 Å². The standard InChI is InChI=1S/C13H9BrN4S/c14-9-6-16-18(7-9)13-10(12(15)19)5-8-3-1-2-4-11(8)17-13/h1-7H,(H2,15,19). The van der Waals surface area contributed by atoms with Crippen molar-refractivity contribution in [2.75, 3.05) is 0 Å². The van der Waals surface area contributed by atoms with Gasteiger partial charge in [-0.3, -0.25) is 0 Å². The van der Waals surface area contributed by atoms with Crippen LogP contribution in [0.4, 0.5) is 0 Å². The Balaban J connectivity index is 2.32. The largest absolute Gasteiger partial charge is 0.389 e. The van der Waals surface area contributed by atoms with Crippen molar-refractivity contribution in [2.45, 2.75) is 0 Å². The lowest BCUT2D eigenvalue weighted by Crippen LogP contribution is -2.15. The van der Waals surface area contributed by atoms with Crippen LogP contribution in [0.5, 0.6) is 0 Å². The highest BCUT2D eigenvalue weighted by Crippen LogP contribution is 2.20. The lowest BCUT2D eigenvalue weighted by molar-refractivity contribution is 0.850. The molecule has 2 heterocycles. The van der Waals surface area contributed by atoms with E-state index in [0.717, 1.165) is 15.4 Å². The van der Waals surface area contributed by atoms with Gasteiger partial charge in [0.15, 0.2) is 5.82 Å². The predicted molar refractivity (Wildman–Crippen MR) is 82.5 cm³/mol. The second-order valence-electron chi connectivity index (χ2n) is 4.02. The summed E-state index contributed by atoms with van der Waals surface area (Å²) in [7, 11) is 0. The van der Waals surface area contributed by atoms with Gasteiger partial charge in [0, 0.05) is 11.6 Å². The van der Waals surface area contributed by atoms with Crippen LogP contribution < -0.4 is 5.73 Å². The average Bonchev–Trinajstić information content (AvgIpc) is 2.83. The van der Waals surface area contributed by atoms with E-state index in [2.05, 4.69) is 26.0 Å². The Morgan fingerprint density at radius 1 is 1.32 bits per heavy atom. The minimum absolute atomic E-state index is 0.305. The lowest BCUT2D eigenvalue weighted by atomic mass is 10.1. The van der Waals surface area contributed by atoms with E-state index < -0.39 is 0 Å². The first-order valence-electron chi connectivity index (χ1n) is 5.55. The molecular weight excluding hydrogens is 324 g/mol. The monoisotopic (exact) mass is 332 g/mol. The van der Waals surface area contributed by atoms with Gasteiger partial charge < -0.3 is 5.73 Å². The number of nitrogens with two attached hydrogens (primary N) is 1. The Morgan fingerprint density at radius 3 is 2.79 bits per heavy atom. The van der Waals surface area contributed by atoms with Crippen molar-refractivity contribution in [3.05, 3.63) is 52.8 Å². The third-order valence-corrected chi connectivity index (χ3v) is 3.37. The van der Waals surface area contributed by atoms with E-state index in [9.17, 15) is 0 Å².